The predicted octanol–water partition coefficient (Wildman–Crippen LogP) is 6.43. The molecule has 0 aliphatic heterocycles. The quantitative estimate of drug-likeness (QED) is 0.418. The minimum absolute atomic E-state index is 0.00257. The standard InChI is InChI=1S/C33H43N3O3/c1-20-22-7-8-31(5)25(30(22,4)16-21(18-34)27(20)38)15-24(37)26-23-17-29(2,3)9-11-33(23,12-10-32(26,31)6)28(39)36-14-13-35-19-36/h13-14,16,19-20,22-23,25-26H,7-12,15,17H2,1-6H3/t20-,22-,23?,25+,26+,30-,31+,32+,33-/m0/s1. The van der Waals surface area contributed by atoms with E-state index in [9.17, 15) is 19.6 Å². The number of fused-ring (bicyclic) bond motifs is 7. The molecule has 208 valence electrons. The highest BCUT2D eigenvalue weighted by molar-refractivity contribution is 6.02. The molecule has 5 aliphatic carbocycles. The molecule has 1 unspecified atom stereocenters. The van der Waals surface area contributed by atoms with E-state index in [1.807, 2.05) is 13.0 Å². The van der Waals surface area contributed by atoms with Crippen molar-refractivity contribution < 1.29 is 14.4 Å². The first-order valence-corrected chi connectivity index (χ1v) is 15.0. The van der Waals surface area contributed by atoms with Gasteiger partial charge in [-0.1, -0.05) is 47.6 Å². The van der Waals surface area contributed by atoms with E-state index in [1.165, 1.54) is 0 Å². The van der Waals surface area contributed by atoms with Crippen molar-refractivity contribution in [2.45, 2.75) is 92.9 Å². The third kappa shape index (κ3) is 3.31. The van der Waals surface area contributed by atoms with Crippen LogP contribution in [0.25, 0.3) is 0 Å². The lowest BCUT2D eigenvalue weighted by molar-refractivity contribution is -0.213. The van der Waals surface area contributed by atoms with Crippen molar-refractivity contribution in [3.05, 3.63) is 30.4 Å². The second-order valence-corrected chi connectivity index (χ2v) is 15.3. The average molecular weight is 530 g/mol. The van der Waals surface area contributed by atoms with Crippen LogP contribution in [0.2, 0.25) is 0 Å². The van der Waals surface area contributed by atoms with E-state index in [1.54, 1.807) is 23.3 Å². The maximum Gasteiger partial charge on any atom is 0.238 e. The van der Waals surface area contributed by atoms with Gasteiger partial charge in [-0.25, -0.2) is 4.98 Å². The third-order valence-electron chi connectivity index (χ3n) is 13.3. The molecule has 6 rings (SSSR count). The van der Waals surface area contributed by atoms with Crippen molar-refractivity contribution in [1.82, 2.24) is 9.55 Å². The van der Waals surface area contributed by atoms with Gasteiger partial charge in [0.15, 0.2) is 5.78 Å². The number of ketones is 2. The van der Waals surface area contributed by atoms with Crippen molar-refractivity contribution in [3.8, 4) is 6.07 Å². The van der Waals surface area contributed by atoms with E-state index in [0.29, 0.717) is 12.2 Å². The minimum atomic E-state index is -0.542. The van der Waals surface area contributed by atoms with Crippen molar-refractivity contribution in [3.63, 3.8) is 0 Å². The number of carbonyl (C=O) groups is 3. The second-order valence-electron chi connectivity index (χ2n) is 15.3. The highest BCUT2D eigenvalue weighted by atomic mass is 16.2. The molecular weight excluding hydrogens is 486 g/mol. The maximum absolute atomic E-state index is 14.6. The van der Waals surface area contributed by atoms with E-state index in [2.05, 4.69) is 45.7 Å². The number of aromatic nitrogens is 2. The lowest BCUT2D eigenvalue weighted by atomic mass is 9.32. The van der Waals surface area contributed by atoms with Crippen molar-refractivity contribution >= 4 is 17.5 Å². The number of Topliss-reactive ketones (excluding diaryl/α,β-unsaturated/α-hetero) is 2. The van der Waals surface area contributed by atoms with E-state index in [0.717, 1.165) is 44.9 Å². The Labute approximate surface area is 232 Å². The minimum Gasteiger partial charge on any atom is -0.299 e. The first-order valence-electron chi connectivity index (χ1n) is 15.0. The van der Waals surface area contributed by atoms with E-state index in [-0.39, 0.29) is 68.5 Å². The molecule has 0 spiro atoms. The van der Waals surface area contributed by atoms with Gasteiger partial charge >= 0.3 is 0 Å². The SMILES string of the molecule is C[C@@H]1C(=O)C(C#N)=C[C@]2(C)[C@H]3CC(=O)[C@H]4C5CC(C)(C)CC[C@]5(C(=O)n5ccnc5)CC[C@@]4(C)[C@]3(C)CC[C@@H]12. The van der Waals surface area contributed by atoms with Crippen molar-refractivity contribution in [2.75, 3.05) is 0 Å². The molecule has 5 aliphatic rings. The predicted molar refractivity (Wildman–Crippen MR) is 147 cm³/mol. The first kappa shape index (κ1) is 26.7. The summed E-state index contributed by atoms with van der Waals surface area (Å²) in [5, 5.41) is 9.83. The van der Waals surface area contributed by atoms with E-state index < -0.39 is 5.41 Å². The van der Waals surface area contributed by atoms with Gasteiger partial charge in [0.1, 0.15) is 18.2 Å². The summed E-state index contributed by atoms with van der Waals surface area (Å²) in [5.41, 5.74) is -0.939. The molecule has 0 radical (unpaired) electrons. The molecular formula is C33H43N3O3. The summed E-state index contributed by atoms with van der Waals surface area (Å²) in [5.74, 6) is 0.218. The fourth-order valence-corrected chi connectivity index (χ4v) is 10.9. The number of rotatable bonds is 1. The summed E-state index contributed by atoms with van der Waals surface area (Å²) in [6.45, 7) is 13.5. The zero-order chi connectivity index (χ0) is 28.2. The molecule has 6 nitrogen and oxygen atoms in total. The highest BCUT2D eigenvalue weighted by Crippen LogP contribution is 2.75. The van der Waals surface area contributed by atoms with Crippen LogP contribution in [-0.2, 0) is 9.59 Å². The summed E-state index contributed by atoms with van der Waals surface area (Å²) < 4.78 is 1.66. The fourth-order valence-electron chi connectivity index (χ4n) is 10.9. The summed E-state index contributed by atoms with van der Waals surface area (Å²) in [6, 6.07) is 2.19. The normalized spacial score (nSPS) is 46.6. The van der Waals surface area contributed by atoms with E-state index in [4.69, 9.17) is 0 Å². The van der Waals surface area contributed by atoms with Crippen LogP contribution < -0.4 is 0 Å². The van der Waals surface area contributed by atoms with Gasteiger partial charge in [-0.3, -0.25) is 19.0 Å². The second kappa shape index (κ2) is 8.24. The monoisotopic (exact) mass is 529 g/mol. The van der Waals surface area contributed by atoms with Gasteiger partial charge in [0.2, 0.25) is 5.91 Å². The van der Waals surface area contributed by atoms with Gasteiger partial charge in [0.25, 0.3) is 0 Å². The molecule has 4 saturated carbocycles. The van der Waals surface area contributed by atoms with Gasteiger partial charge in [0.05, 0.1) is 11.0 Å². The fraction of sp³-hybridized carbons (Fsp3) is 0.727. The van der Waals surface area contributed by atoms with Gasteiger partial charge in [0, 0.05) is 30.7 Å². The Balaban J connectivity index is 1.47. The number of imidazole rings is 1. The van der Waals surface area contributed by atoms with Gasteiger partial charge in [-0.05, 0) is 84.4 Å². The molecule has 39 heavy (non-hydrogen) atoms. The van der Waals surface area contributed by atoms with Crippen LogP contribution in [0.4, 0.5) is 0 Å². The molecule has 6 heteroatoms. The third-order valence-corrected chi connectivity index (χ3v) is 13.3. The molecule has 4 fully saturated rings. The molecule has 0 saturated heterocycles. The van der Waals surface area contributed by atoms with Crippen LogP contribution in [0.15, 0.2) is 30.4 Å². The number of nitriles is 1. The zero-order valence-electron chi connectivity index (χ0n) is 24.4. The largest absolute Gasteiger partial charge is 0.299 e. The van der Waals surface area contributed by atoms with Crippen LogP contribution in [0.3, 0.4) is 0 Å². The Hall–Kier alpha value is -2.55. The molecule has 0 aromatic carbocycles. The summed E-state index contributed by atoms with van der Waals surface area (Å²) in [6.07, 6.45) is 13.7. The summed E-state index contributed by atoms with van der Waals surface area (Å²) in [4.78, 5) is 45.9. The van der Waals surface area contributed by atoms with E-state index >= 15 is 0 Å². The Kier molecular flexibility index (Phi) is 5.63. The van der Waals surface area contributed by atoms with Crippen LogP contribution in [0.1, 0.15) is 97.7 Å². The number of allylic oxidation sites excluding steroid dienone is 2. The van der Waals surface area contributed by atoms with Crippen molar-refractivity contribution in [1.29, 1.82) is 5.26 Å². The lowest BCUT2D eigenvalue weighted by Crippen LogP contribution is -2.68. The molecule has 1 aromatic rings. The Morgan fingerprint density at radius 1 is 1.03 bits per heavy atom. The summed E-state index contributed by atoms with van der Waals surface area (Å²) >= 11 is 0. The molecule has 1 heterocycles. The lowest BCUT2D eigenvalue weighted by Gasteiger charge is -2.71. The number of carbonyl (C=O) groups excluding carboxylic acids is 3. The average Bonchev–Trinajstić information content (AvgIpc) is 3.42. The molecule has 0 N–H and O–H groups in total. The first-order chi connectivity index (χ1) is 18.2. The van der Waals surface area contributed by atoms with Crippen LogP contribution in [-0.4, -0.2) is 27.0 Å². The van der Waals surface area contributed by atoms with Gasteiger partial charge < -0.3 is 0 Å². The highest BCUT2D eigenvalue weighted by Gasteiger charge is 2.72. The smallest absolute Gasteiger partial charge is 0.238 e. The Bertz CT molecular complexity index is 1320. The number of nitrogens with zero attached hydrogens (tertiary/aromatic N) is 3. The Morgan fingerprint density at radius 2 is 1.74 bits per heavy atom. The molecule has 0 amide bonds. The number of hydrogen-bond donors (Lipinski definition) is 0. The molecule has 1 aromatic heterocycles. The van der Waals surface area contributed by atoms with Gasteiger partial charge in [-0.2, -0.15) is 5.26 Å². The summed E-state index contributed by atoms with van der Waals surface area (Å²) in [7, 11) is 0. The topological polar surface area (TPSA) is 92.8 Å². The Morgan fingerprint density at radius 3 is 2.41 bits per heavy atom. The van der Waals surface area contributed by atoms with Gasteiger partial charge in [-0.15, -0.1) is 0 Å². The van der Waals surface area contributed by atoms with Crippen LogP contribution >= 0.6 is 0 Å². The number of hydrogen-bond acceptors (Lipinski definition) is 5. The van der Waals surface area contributed by atoms with Crippen molar-refractivity contribution in [2.24, 2.45) is 56.7 Å². The van der Waals surface area contributed by atoms with Crippen LogP contribution in [0.5, 0.6) is 0 Å². The van der Waals surface area contributed by atoms with Crippen LogP contribution in [0, 0.1) is 68.0 Å². The molecule has 9 atom stereocenters. The molecule has 0 bridgehead atoms. The zero-order valence-corrected chi connectivity index (χ0v) is 24.4. The maximum atomic E-state index is 14.6.